The molecule has 0 saturated carbocycles. The molecule has 0 radical (unpaired) electrons. The first-order chi connectivity index (χ1) is 14.9. The molecule has 2 aliphatic heterocycles. The molecule has 4 heterocycles. The number of nitrogens with zero attached hydrogens (tertiary/aromatic N) is 5. The average Bonchev–Trinajstić information content (AvgIpc) is 3.32. The molecule has 10 heteroatoms. The number of aromatic hydroxyl groups is 1. The molecule has 0 spiro atoms. The molecule has 2 fully saturated rings. The van der Waals surface area contributed by atoms with Gasteiger partial charge in [-0.3, -0.25) is 5.10 Å². The first-order valence-corrected chi connectivity index (χ1v) is 10.3. The van der Waals surface area contributed by atoms with Gasteiger partial charge in [0.15, 0.2) is 11.6 Å². The molecular formula is C21H23F2N7O. The summed E-state index contributed by atoms with van der Waals surface area (Å²) in [4.78, 5) is 5.77. The number of nitrogens with one attached hydrogen (secondary N) is 2. The molecule has 0 amide bonds. The van der Waals surface area contributed by atoms with Crippen molar-refractivity contribution in [3.05, 3.63) is 36.8 Å². The summed E-state index contributed by atoms with van der Waals surface area (Å²) in [6.45, 7) is 0. The van der Waals surface area contributed by atoms with Gasteiger partial charge < -0.3 is 15.3 Å². The lowest BCUT2D eigenvalue weighted by atomic mass is 9.80. The number of aromatic nitrogens is 5. The lowest BCUT2D eigenvalue weighted by Crippen LogP contribution is -2.67. The Bertz CT molecular complexity index is 1060. The molecule has 0 unspecified atom stereocenters. The highest BCUT2D eigenvalue weighted by Gasteiger charge is 2.54. The van der Waals surface area contributed by atoms with Crippen LogP contribution in [-0.2, 0) is 0 Å². The molecule has 162 valence electrons. The van der Waals surface area contributed by atoms with Gasteiger partial charge in [0.2, 0.25) is 0 Å². The van der Waals surface area contributed by atoms with Gasteiger partial charge in [0.1, 0.15) is 5.75 Å². The molecule has 3 aromatic rings. The Morgan fingerprint density at radius 1 is 1.16 bits per heavy atom. The summed E-state index contributed by atoms with van der Waals surface area (Å²) < 4.78 is 30.0. The van der Waals surface area contributed by atoms with Gasteiger partial charge in [-0.25, -0.2) is 13.8 Å². The van der Waals surface area contributed by atoms with Crippen molar-refractivity contribution in [2.45, 2.75) is 49.7 Å². The van der Waals surface area contributed by atoms with E-state index in [0.29, 0.717) is 18.4 Å². The third kappa shape index (κ3) is 3.50. The highest BCUT2D eigenvalue weighted by Crippen LogP contribution is 2.40. The predicted molar refractivity (Wildman–Crippen MR) is 111 cm³/mol. The zero-order chi connectivity index (χ0) is 21.6. The highest BCUT2D eigenvalue weighted by atomic mass is 19.3. The van der Waals surface area contributed by atoms with Gasteiger partial charge >= 0.3 is 0 Å². The number of benzene rings is 1. The molecule has 8 nitrogen and oxygen atoms in total. The second kappa shape index (κ2) is 7.52. The number of piperidine rings is 2. The monoisotopic (exact) mass is 427 g/mol. The largest absolute Gasteiger partial charge is 0.507 e. The van der Waals surface area contributed by atoms with E-state index in [2.05, 4.69) is 30.7 Å². The van der Waals surface area contributed by atoms with E-state index < -0.39 is 18.0 Å². The van der Waals surface area contributed by atoms with Crippen LogP contribution in [-0.4, -0.2) is 61.6 Å². The fourth-order valence-corrected chi connectivity index (χ4v) is 4.61. The summed E-state index contributed by atoms with van der Waals surface area (Å²) in [6.07, 6.45) is 7.37. The molecule has 1 aromatic carbocycles. The topological polar surface area (TPSA) is 103 Å². The minimum atomic E-state index is -2.87. The van der Waals surface area contributed by atoms with Crippen LogP contribution < -0.4 is 10.2 Å². The van der Waals surface area contributed by atoms with Crippen LogP contribution in [0.3, 0.4) is 0 Å². The van der Waals surface area contributed by atoms with E-state index in [0.717, 1.165) is 24.0 Å². The van der Waals surface area contributed by atoms with Crippen LogP contribution in [0, 0.1) is 0 Å². The molecule has 3 atom stereocenters. The first-order valence-electron chi connectivity index (χ1n) is 10.3. The van der Waals surface area contributed by atoms with Crippen LogP contribution in [0.5, 0.6) is 5.75 Å². The zero-order valence-corrected chi connectivity index (χ0v) is 17.0. The Labute approximate surface area is 177 Å². The van der Waals surface area contributed by atoms with Crippen molar-refractivity contribution in [2.75, 3.05) is 11.9 Å². The number of H-pyrrole nitrogens is 1. The lowest BCUT2D eigenvalue weighted by molar-refractivity contribution is -0.0989. The minimum absolute atomic E-state index is 0.000631. The fourth-order valence-electron chi connectivity index (χ4n) is 4.61. The Morgan fingerprint density at radius 2 is 2.03 bits per heavy atom. The van der Waals surface area contributed by atoms with Gasteiger partial charge in [0, 0.05) is 24.8 Å². The van der Waals surface area contributed by atoms with Crippen LogP contribution in [0.15, 0.2) is 36.8 Å². The first kappa shape index (κ1) is 19.8. The second-order valence-electron chi connectivity index (χ2n) is 8.24. The molecular weight excluding hydrogens is 404 g/mol. The quantitative estimate of drug-likeness (QED) is 0.588. The van der Waals surface area contributed by atoms with E-state index in [-0.39, 0.29) is 23.4 Å². The smallest absolute Gasteiger partial charge is 0.283 e. The van der Waals surface area contributed by atoms with Crippen LogP contribution in [0.4, 0.5) is 14.6 Å². The number of fused-ring (bicyclic) bond motifs is 2. The van der Waals surface area contributed by atoms with E-state index in [4.69, 9.17) is 0 Å². The lowest BCUT2D eigenvalue weighted by Gasteiger charge is -2.48. The SMILES string of the molecule is CN(c1cnc(-c2ccc(-c3cn[nH]c3)cc2O)nn1)[C@H]1C[C@H]2CCC[C@H](N2)C1(F)F. The predicted octanol–water partition coefficient (Wildman–Crippen LogP) is 2.99. The fraction of sp³-hybridized carbons (Fsp3) is 0.429. The number of hydrogen-bond acceptors (Lipinski definition) is 7. The maximum absolute atomic E-state index is 15.0. The third-order valence-electron chi connectivity index (χ3n) is 6.35. The highest BCUT2D eigenvalue weighted by molar-refractivity contribution is 5.72. The van der Waals surface area contributed by atoms with Crippen LogP contribution in [0.1, 0.15) is 25.7 Å². The normalized spacial score (nSPS) is 24.7. The molecule has 2 bridgehead atoms. The summed E-state index contributed by atoms with van der Waals surface area (Å²) in [5.41, 5.74) is 2.04. The van der Waals surface area contributed by atoms with Crippen LogP contribution in [0.2, 0.25) is 0 Å². The van der Waals surface area contributed by atoms with Gasteiger partial charge in [-0.1, -0.05) is 12.5 Å². The maximum Gasteiger partial charge on any atom is 0.283 e. The van der Waals surface area contributed by atoms with Gasteiger partial charge in [0.25, 0.3) is 5.92 Å². The molecule has 2 saturated heterocycles. The summed E-state index contributed by atoms with van der Waals surface area (Å²) >= 11 is 0. The minimum Gasteiger partial charge on any atom is -0.507 e. The number of rotatable bonds is 4. The Kier molecular flexibility index (Phi) is 4.81. The molecule has 0 aliphatic carbocycles. The van der Waals surface area contributed by atoms with Crippen molar-refractivity contribution in [3.8, 4) is 28.3 Å². The van der Waals surface area contributed by atoms with Crippen LogP contribution >= 0.6 is 0 Å². The number of phenolic OH excluding ortho intramolecular Hbond substituents is 1. The van der Waals surface area contributed by atoms with Gasteiger partial charge in [-0.05, 0) is 37.0 Å². The molecule has 2 aromatic heterocycles. The van der Waals surface area contributed by atoms with Crippen molar-refractivity contribution < 1.29 is 13.9 Å². The van der Waals surface area contributed by atoms with Gasteiger partial charge in [-0.15, -0.1) is 10.2 Å². The van der Waals surface area contributed by atoms with E-state index in [1.165, 1.54) is 11.1 Å². The number of alkyl halides is 2. The van der Waals surface area contributed by atoms with E-state index in [1.54, 1.807) is 31.6 Å². The van der Waals surface area contributed by atoms with Crippen molar-refractivity contribution in [1.82, 2.24) is 30.7 Å². The van der Waals surface area contributed by atoms with E-state index in [1.807, 2.05) is 6.07 Å². The summed E-state index contributed by atoms with van der Waals surface area (Å²) in [6, 6.07) is 3.43. The molecule has 2 aliphatic rings. The van der Waals surface area contributed by atoms with E-state index >= 15 is 8.78 Å². The van der Waals surface area contributed by atoms with Gasteiger partial charge in [-0.2, -0.15) is 5.10 Å². The standard InChI is InChI=1S/C21H23F2N7O/c1-30(18-8-14-3-2-4-17(27-14)21(18,22)23)19-11-24-20(29-28-19)15-6-5-12(7-16(15)31)13-9-25-26-10-13/h5-7,9-11,14,17-18,27,31H,2-4,8H2,1H3,(H,25,26)/t14-,17+,18+/m1/s1. The number of halogens is 2. The van der Waals surface area contributed by atoms with Crippen molar-refractivity contribution >= 4 is 5.82 Å². The van der Waals surface area contributed by atoms with Crippen molar-refractivity contribution in [1.29, 1.82) is 0 Å². The Hall–Kier alpha value is -3.14. The summed E-state index contributed by atoms with van der Waals surface area (Å²) in [5.74, 6) is -2.36. The Morgan fingerprint density at radius 3 is 2.74 bits per heavy atom. The average molecular weight is 427 g/mol. The van der Waals surface area contributed by atoms with Crippen molar-refractivity contribution in [2.24, 2.45) is 0 Å². The summed E-state index contributed by atoms with van der Waals surface area (Å²) in [5, 5.41) is 28.4. The molecule has 5 rings (SSSR count). The molecule has 31 heavy (non-hydrogen) atoms. The number of hydrogen-bond donors (Lipinski definition) is 3. The number of anilines is 1. The second-order valence-corrected chi connectivity index (χ2v) is 8.24. The third-order valence-corrected chi connectivity index (χ3v) is 6.35. The Balaban J connectivity index is 1.37. The zero-order valence-electron chi connectivity index (χ0n) is 17.0. The van der Waals surface area contributed by atoms with Crippen molar-refractivity contribution in [3.63, 3.8) is 0 Å². The maximum atomic E-state index is 15.0. The summed E-state index contributed by atoms with van der Waals surface area (Å²) in [7, 11) is 1.61. The molecule has 3 N–H and O–H groups in total. The number of aromatic amines is 1. The number of phenols is 1. The van der Waals surface area contributed by atoms with Crippen LogP contribution in [0.25, 0.3) is 22.5 Å². The van der Waals surface area contributed by atoms with Gasteiger partial charge in [0.05, 0.1) is 30.0 Å². The van der Waals surface area contributed by atoms with E-state index in [9.17, 15) is 5.11 Å².